The van der Waals surface area contributed by atoms with Crippen LogP contribution in [0.25, 0.3) is 0 Å². The fraction of sp³-hybridized carbons (Fsp3) is 0.769. The van der Waals surface area contributed by atoms with Crippen molar-refractivity contribution in [3.05, 3.63) is 0 Å². The molecule has 0 saturated heterocycles. The van der Waals surface area contributed by atoms with Crippen molar-refractivity contribution in [2.24, 2.45) is 0 Å². The molecule has 108 valence electrons. The molecule has 1 aliphatic rings. The number of hydrogen-bond donors (Lipinski definition) is 3. The summed E-state index contributed by atoms with van der Waals surface area (Å²) in [7, 11) is 0. The third-order valence-corrected chi connectivity index (χ3v) is 3.42. The third-order valence-electron chi connectivity index (χ3n) is 3.42. The molecular weight excluding hydrogens is 248 g/mol. The molecule has 19 heavy (non-hydrogen) atoms. The Hall–Kier alpha value is -1.59. The SMILES string of the molecule is CC1(NC(=O)NC(=O)CCCCC(=O)O)CCCC1. The van der Waals surface area contributed by atoms with E-state index in [1.807, 2.05) is 6.92 Å². The average molecular weight is 270 g/mol. The molecule has 0 aromatic heterocycles. The van der Waals surface area contributed by atoms with Gasteiger partial charge >= 0.3 is 12.0 Å². The van der Waals surface area contributed by atoms with Crippen molar-refractivity contribution >= 4 is 17.9 Å². The minimum Gasteiger partial charge on any atom is -0.481 e. The number of unbranched alkanes of at least 4 members (excludes halogenated alkanes) is 1. The van der Waals surface area contributed by atoms with Gasteiger partial charge in [0.2, 0.25) is 5.91 Å². The summed E-state index contributed by atoms with van der Waals surface area (Å²) >= 11 is 0. The van der Waals surface area contributed by atoms with Crippen LogP contribution in [-0.4, -0.2) is 28.6 Å². The topological polar surface area (TPSA) is 95.5 Å². The van der Waals surface area contributed by atoms with E-state index in [1.54, 1.807) is 0 Å². The second kappa shape index (κ2) is 7.11. The van der Waals surface area contributed by atoms with E-state index in [0.29, 0.717) is 12.8 Å². The van der Waals surface area contributed by atoms with Crippen LogP contribution in [0.5, 0.6) is 0 Å². The van der Waals surface area contributed by atoms with E-state index in [0.717, 1.165) is 25.7 Å². The Morgan fingerprint density at radius 2 is 1.68 bits per heavy atom. The van der Waals surface area contributed by atoms with Crippen LogP contribution >= 0.6 is 0 Å². The predicted octanol–water partition coefficient (Wildman–Crippen LogP) is 1.79. The standard InChI is InChI=1S/C13H22N2O4/c1-13(8-4-5-9-13)15-12(19)14-10(16)6-2-3-7-11(17)18/h2-9H2,1H3,(H,17,18)(H2,14,15,16,19). The van der Waals surface area contributed by atoms with Crippen molar-refractivity contribution in [1.29, 1.82) is 0 Å². The van der Waals surface area contributed by atoms with Gasteiger partial charge in [-0.05, 0) is 32.6 Å². The first-order valence-electron chi connectivity index (χ1n) is 6.75. The number of carbonyl (C=O) groups excluding carboxylic acids is 2. The Labute approximate surface area is 112 Å². The molecule has 1 aliphatic carbocycles. The van der Waals surface area contributed by atoms with E-state index < -0.39 is 12.0 Å². The number of rotatable bonds is 6. The molecule has 3 amide bonds. The minimum atomic E-state index is -0.868. The normalized spacial score (nSPS) is 16.9. The van der Waals surface area contributed by atoms with Crippen molar-refractivity contribution in [3.8, 4) is 0 Å². The number of imide groups is 1. The Bertz CT molecular complexity index is 349. The zero-order valence-corrected chi connectivity index (χ0v) is 11.3. The maximum atomic E-state index is 11.6. The molecule has 0 aliphatic heterocycles. The molecule has 0 heterocycles. The van der Waals surface area contributed by atoms with Gasteiger partial charge in [0.25, 0.3) is 0 Å². The molecule has 0 bridgehead atoms. The van der Waals surface area contributed by atoms with Crippen molar-refractivity contribution in [3.63, 3.8) is 0 Å². The molecular formula is C13H22N2O4. The summed E-state index contributed by atoms with van der Waals surface area (Å²) in [4.78, 5) is 33.4. The quantitative estimate of drug-likeness (QED) is 0.641. The van der Waals surface area contributed by atoms with Gasteiger partial charge in [-0.25, -0.2) is 4.79 Å². The number of carbonyl (C=O) groups is 3. The first kappa shape index (κ1) is 15.5. The smallest absolute Gasteiger partial charge is 0.321 e. The van der Waals surface area contributed by atoms with Gasteiger partial charge < -0.3 is 10.4 Å². The molecule has 0 aromatic carbocycles. The highest BCUT2D eigenvalue weighted by atomic mass is 16.4. The third kappa shape index (κ3) is 6.22. The highest BCUT2D eigenvalue weighted by molar-refractivity contribution is 5.94. The van der Waals surface area contributed by atoms with Crippen LogP contribution in [0.4, 0.5) is 4.79 Å². The van der Waals surface area contributed by atoms with Crippen LogP contribution in [-0.2, 0) is 9.59 Å². The van der Waals surface area contributed by atoms with Gasteiger partial charge in [0.15, 0.2) is 0 Å². The summed E-state index contributed by atoms with van der Waals surface area (Å²) in [5, 5.41) is 13.6. The second-order valence-electron chi connectivity index (χ2n) is 5.37. The average Bonchev–Trinajstić information content (AvgIpc) is 2.70. The Morgan fingerprint density at radius 1 is 1.11 bits per heavy atom. The number of hydrogen-bond acceptors (Lipinski definition) is 3. The van der Waals surface area contributed by atoms with Gasteiger partial charge in [0.1, 0.15) is 0 Å². The molecule has 1 rings (SSSR count). The Morgan fingerprint density at radius 3 is 2.26 bits per heavy atom. The lowest BCUT2D eigenvalue weighted by molar-refractivity contribution is -0.137. The summed E-state index contributed by atoms with van der Waals surface area (Å²) in [6.45, 7) is 1.98. The number of aliphatic carboxylic acids is 1. The van der Waals surface area contributed by atoms with E-state index in [2.05, 4.69) is 10.6 Å². The van der Waals surface area contributed by atoms with E-state index >= 15 is 0 Å². The lowest BCUT2D eigenvalue weighted by Crippen LogP contribution is -2.50. The van der Waals surface area contributed by atoms with Gasteiger partial charge in [0.05, 0.1) is 0 Å². The number of urea groups is 1. The van der Waals surface area contributed by atoms with Crippen LogP contribution in [0.15, 0.2) is 0 Å². The molecule has 6 nitrogen and oxygen atoms in total. The van der Waals surface area contributed by atoms with Crippen molar-refractivity contribution in [2.45, 2.75) is 63.8 Å². The zero-order chi connectivity index (χ0) is 14.3. The highest BCUT2D eigenvalue weighted by Gasteiger charge is 2.30. The number of nitrogens with one attached hydrogen (secondary N) is 2. The van der Waals surface area contributed by atoms with Crippen LogP contribution in [0.3, 0.4) is 0 Å². The monoisotopic (exact) mass is 270 g/mol. The molecule has 6 heteroatoms. The van der Waals surface area contributed by atoms with E-state index in [4.69, 9.17) is 5.11 Å². The van der Waals surface area contributed by atoms with E-state index in [9.17, 15) is 14.4 Å². The summed E-state index contributed by atoms with van der Waals surface area (Å²) in [5.74, 6) is -1.23. The zero-order valence-electron chi connectivity index (χ0n) is 11.3. The van der Waals surface area contributed by atoms with Crippen LogP contribution in [0, 0.1) is 0 Å². The molecule has 0 spiro atoms. The summed E-state index contributed by atoms with van der Waals surface area (Å²) in [6.07, 6.45) is 5.22. The van der Waals surface area contributed by atoms with Gasteiger partial charge in [-0.3, -0.25) is 14.9 Å². The number of carboxylic acid groups (broad SMARTS) is 1. The maximum absolute atomic E-state index is 11.6. The van der Waals surface area contributed by atoms with Crippen molar-refractivity contribution in [2.75, 3.05) is 0 Å². The van der Waals surface area contributed by atoms with Gasteiger partial charge in [-0.15, -0.1) is 0 Å². The lowest BCUT2D eigenvalue weighted by Gasteiger charge is -2.25. The minimum absolute atomic E-state index is 0.0531. The van der Waals surface area contributed by atoms with E-state index in [-0.39, 0.29) is 24.3 Å². The summed E-state index contributed by atoms with van der Waals surface area (Å²) in [5.41, 5.74) is -0.201. The number of amides is 3. The Balaban J connectivity index is 2.17. The molecule has 1 saturated carbocycles. The maximum Gasteiger partial charge on any atom is 0.321 e. The molecule has 0 radical (unpaired) electrons. The van der Waals surface area contributed by atoms with Crippen LogP contribution in [0.1, 0.15) is 58.3 Å². The van der Waals surface area contributed by atoms with E-state index in [1.165, 1.54) is 0 Å². The van der Waals surface area contributed by atoms with Gasteiger partial charge in [-0.2, -0.15) is 0 Å². The van der Waals surface area contributed by atoms with Crippen molar-refractivity contribution in [1.82, 2.24) is 10.6 Å². The second-order valence-corrected chi connectivity index (χ2v) is 5.37. The molecule has 0 unspecified atom stereocenters. The number of carboxylic acids is 1. The molecule has 3 N–H and O–H groups in total. The first-order chi connectivity index (χ1) is 8.91. The fourth-order valence-corrected chi connectivity index (χ4v) is 2.34. The van der Waals surface area contributed by atoms with Gasteiger partial charge in [0, 0.05) is 18.4 Å². The summed E-state index contributed by atoms with van der Waals surface area (Å²) < 4.78 is 0. The summed E-state index contributed by atoms with van der Waals surface area (Å²) in [6, 6.07) is -0.451. The van der Waals surface area contributed by atoms with Gasteiger partial charge in [-0.1, -0.05) is 12.8 Å². The molecule has 1 fully saturated rings. The van der Waals surface area contributed by atoms with Crippen LogP contribution in [0.2, 0.25) is 0 Å². The largest absolute Gasteiger partial charge is 0.481 e. The predicted molar refractivity (Wildman–Crippen MR) is 69.7 cm³/mol. The molecule has 0 aromatic rings. The lowest BCUT2D eigenvalue weighted by atomic mass is 10.0. The Kier molecular flexibility index (Phi) is 5.79. The van der Waals surface area contributed by atoms with Crippen LogP contribution < -0.4 is 10.6 Å². The fourth-order valence-electron chi connectivity index (χ4n) is 2.34. The molecule has 0 atom stereocenters. The van der Waals surface area contributed by atoms with Crippen molar-refractivity contribution < 1.29 is 19.5 Å². The first-order valence-corrected chi connectivity index (χ1v) is 6.75. The highest BCUT2D eigenvalue weighted by Crippen LogP contribution is 2.28.